The molecule has 0 aliphatic carbocycles. The Hall–Kier alpha value is -1.44. The number of para-hydroxylation sites is 1. The third kappa shape index (κ3) is 3.00. The molecule has 1 fully saturated rings. The average molecular weight is 351 g/mol. The molecule has 3 atom stereocenters. The van der Waals surface area contributed by atoms with E-state index in [1.54, 1.807) is 6.92 Å². The molecule has 1 saturated heterocycles. The summed E-state index contributed by atoms with van der Waals surface area (Å²) in [6, 6.07) is 9.41. The normalized spacial score (nSPS) is 24.3. The number of rotatable bonds is 6. The van der Waals surface area contributed by atoms with Crippen LogP contribution in [0.5, 0.6) is 5.75 Å². The number of thiol groups is 1. The van der Waals surface area contributed by atoms with Gasteiger partial charge in [0.25, 0.3) is 0 Å². The summed E-state index contributed by atoms with van der Waals surface area (Å²) in [5.74, 6) is 0.0835. The van der Waals surface area contributed by atoms with E-state index in [0.717, 1.165) is 10.7 Å². The second-order valence-electron chi connectivity index (χ2n) is 5.47. The number of aliphatic hydroxyl groups excluding tert-OH is 1. The minimum Gasteiger partial charge on any atom is -0.493 e. The summed E-state index contributed by atoms with van der Waals surface area (Å²) in [5, 5.41) is 9.09. The Bertz CT molecular complexity index is 659. The van der Waals surface area contributed by atoms with Gasteiger partial charge in [0.15, 0.2) is 0 Å². The van der Waals surface area contributed by atoms with Crippen molar-refractivity contribution in [1.29, 1.82) is 0 Å². The molecule has 1 amide bonds. The highest BCUT2D eigenvalue weighted by Gasteiger charge is 2.56. The topological polar surface area (TPSA) is 66.8 Å². The Morgan fingerprint density at radius 3 is 2.74 bits per heavy atom. The molecule has 1 aromatic carbocycles. The first-order valence-electron chi connectivity index (χ1n) is 7.33. The lowest BCUT2D eigenvalue weighted by atomic mass is 9.92. The fraction of sp³-hybridized carbons (Fsp3) is 0.375. The second-order valence-corrected chi connectivity index (χ2v) is 7.09. The third-order valence-electron chi connectivity index (χ3n) is 3.92. The number of aliphatic hydroxyl groups is 1. The fourth-order valence-corrected chi connectivity index (χ4v) is 4.73. The number of thioether (sulfide) groups is 1. The Morgan fingerprint density at radius 1 is 1.43 bits per heavy atom. The first kappa shape index (κ1) is 16.4. The number of β-lactam (4-membered cyclic amide) rings is 1. The van der Waals surface area contributed by atoms with Crippen LogP contribution in [-0.2, 0) is 9.59 Å². The predicted molar refractivity (Wildman–Crippen MR) is 91.0 cm³/mol. The zero-order valence-electron chi connectivity index (χ0n) is 12.5. The van der Waals surface area contributed by atoms with Gasteiger partial charge in [0.05, 0.1) is 18.6 Å². The highest BCUT2D eigenvalue weighted by atomic mass is 32.2. The van der Waals surface area contributed by atoms with E-state index in [-0.39, 0.29) is 11.3 Å². The van der Waals surface area contributed by atoms with Crippen LogP contribution in [0.3, 0.4) is 0 Å². The molecule has 0 saturated carbocycles. The van der Waals surface area contributed by atoms with Crippen LogP contribution in [0.15, 0.2) is 40.9 Å². The van der Waals surface area contributed by atoms with Gasteiger partial charge in [0, 0.05) is 11.3 Å². The SMILES string of the molecule is C[C@H](O)[C@@H]1C(=O)N2C(C(=O)S)=C(CCOc3ccccc3)S[C@H]12. The third-order valence-corrected chi connectivity index (χ3v) is 5.55. The van der Waals surface area contributed by atoms with E-state index in [9.17, 15) is 14.7 Å². The molecule has 0 unspecified atom stereocenters. The zero-order chi connectivity index (χ0) is 16.6. The molecular formula is C16H17NO4S2. The number of hydrogen-bond donors (Lipinski definition) is 2. The number of nitrogens with zero attached hydrogens (tertiary/aromatic N) is 1. The van der Waals surface area contributed by atoms with Crippen LogP contribution in [0.4, 0.5) is 0 Å². The molecule has 0 bridgehead atoms. The van der Waals surface area contributed by atoms with Crippen molar-refractivity contribution in [3.8, 4) is 5.75 Å². The van der Waals surface area contributed by atoms with Crippen LogP contribution < -0.4 is 4.74 Å². The lowest BCUT2D eigenvalue weighted by Crippen LogP contribution is -2.60. The van der Waals surface area contributed by atoms with Crippen LogP contribution in [0, 0.1) is 5.92 Å². The quantitative estimate of drug-likeness (QED) is 0.606. The molecular weight excluding hydrogens is 334 g/mol. The smallest absolute Gasteiger partial charge is 0.236 e. The fourth-order valence-electron chi connectivity index (χ4n) is 2.81. The first-order valence-corrected chi connectivity index (χ1v) is 8.65. The summed E-state index contributed by atoms with van der Waals surface area (Å²) in [6.07, 6.45) is -0.207. The highest BCUT2D eigenvalue weighted by Crippen LogP contribution is 2.51. The molecule has 1 aromatic rings. The molecule has 0 aromatic heterocycles. The van der Waals surface area contributed by atoms with E-state index in [2.05, 4.69) is 12.6 Å². The molecule has 1 N–H and O–H groups in total. The first-order chi connectivity index (χ1) is 11.0. The summed E-state index contributed by atoms with van der Waals surface area (Å²) in [6.45, 7) is 2.00. The summed E-state index contributed by atoms with van der Waals surface area (Å²) in [4.78, 5) is 26.2. The van der Waals surface area contributed by atoms with Crippen LogP contribution in [0.25, 0.3) is 0 Å². The van der Waals surface area contributed by atoms with Gasteiger partial charge in [0.2, 0.25) is 11.0 Å². The van der Waals surface area contributed by atoms with Crippen molar-refractivity contribution >= 4 is 35.4 Å². The lowest BCUT2D eigenvalue weighted by Gasteiger charge is -2.43. The van der Waals surface area contributed by atoms with Crippen molar-refractivity contribution in [2.75, 3.05) is 6.61 Å². The Labute approximate surface area is 144 Å². The van der Waals surface area contributed by atoms with E-state index >= 15 is 0 Å². The molecule has 5 nitrogen and oxygen atoms in total. The lowest BCUT2D eigenvalue weighted by molar-refractivity contribution is -0.153. The van der Waals surface area contributed by atoms with E-state index in [1.807, 2.05) is 30.3 Å². The molecule has 122 valence electrons. The maximum atomic E-state index is 12.1. The molecule has 7 heteroatoms. The van der Waals surface area contributed by atoms with Gasteiger partial charge in [-0.05, 0) is 19.1 Å². The summed E-state index contributed by atoms with van der Waals surface area (Å²) < 4.78 is 5.65. The number of hydrogen-bond acceptors (Lipinski definition) is 5. The molecule has 2 aliphatic rings. The standard InChI is InChI=1S/C16H17NO4S2/c1-9(18)12-14(19)17-13(16(20)22)11(23-15(12)17)7-8-21-10-5-3-2-4-6-10/h2-6,9,12,15,18H,7-8H2,1H3,(H,20,22)/t9-,12+,15+/m0/s1. The number of carbonyl (C=O) groups excluding carboxylic acids is 2. The maximum Gasteiger partial charge on any atom is 0.236 e. The monoisotopic (exact) mass is 351 g/mol. The van der Waals surface area contributed by atoms with Crippen molar-refractivity contribution in [3.05, 3.63) is 40.9 Å². The van der Waals surface area contributed by atoms with Gasteiger partial charge in [-0.3, -0.25) is 14.5 Å². The van der Waals surface area contributed by atoms with Crippen LogP contribution in [-0.4, -0.2) is 39.1 Å². The predicted octanol–water partition coefficient (Wildman–Crippen LogP) is 2.04. The van der Waals surface area contributed by atoms with Gasteiger partial charge in [-0.1, -0.05) is 30.8 Å². The van der Waals surface area contributed by atoms with Gasteiger partial charge in [-0.15, -0.1) is 11.8 Å². The number of fused-ring (bicyclic) bond motifs is 1. The summed E-state index contributed by atoms with van der Waals surface area (Å²) in [7, 11) is 0. The van der Waals surface area contributed by atoms with Crippen molar-refractivity contribution in [2.45, 2.75) is 24.8 Å². The van der Waals surface area contributed by atoms with Gasteiger partial charge in [-0.2, -0.15) is 0 Å². The zero-order valence-corrected chi connectivity index (χ0v) is 14.2. The average Bonchev–Trinajstić information content (AvgIpc) is 2.82. The number of ether oxygens (including phenoxy) is 1. The molecule has 2 heterocycles. The van der Waals surface area contributed by atoms with Gasteiger partial charge in [0.1, 0.15) is 16.8 Å². The molecule has 2 aliphatic heterocycles. The van der Waals surface area contributed by atoms with Crippen LogP contribution in [0.2, 0.25) is 0 Å². The molecule has 23 heavy (non-hydrogen) atoms. The second kappa shape index (κ2) is 6.59. The summed E-state index contributed by atoms with van der Waals surface area (Å²) >= 11 is 5.34. The van der Waals surface area contributed by atoms with Crippen LogP contribution in [0.1, 0.15) is 13.3 Å². The Morgan fingerprint density at radius 2 is 2.13 bits per heavy atom. The van der Waals surface area contributed by atoms with Gasteiger partial charge < -0.3 is 9.84 Å². The van der Waals surface area contributed by atoms with Crippen molar-refractivity contribution in [2.24, 2.45) is 5.92 Å². The van der Waals surface area contributed by atoms with Crippen molar-refractivity contribution in [1.82, 2.24) is 4.90 Å². The van der Waals surface area contributed by atoms with E-state index in [4.69, 9.17) is 4.74 Å². The molecule has 0 radical (unpaired) electrons. The molecule has 0 spiro atoms. The van der Waals surface area contributed by atoms with Crippen molar-refractivity contribution in [3.63, 3.8) is 0 Å². The number of amides is 1. The highest BCUT2D eigenvalue weighted by molar-refractivity contribution is 8.04. The largest absolute Gasteiger partial charge is 0.493 e. The van der Waals surface area contributed by atoms with Gasteiger partial charge >= 0.3 is 0 Å². The van der Waals surface area contributed by atoms with E-state index in [1.165, 1.54) is 16.7 Å². The molecule has 3 rings (SSSR count). The Kier molecular flexibility index (Phi) is 4.70. The number of carbonyl (C=O) groups is 2. The van der Waals surface area contributed by atoms with E-state index in [0.29, 0.717) is 18.7 Å². The Balaban J connectivity index is 1.69. The van der Waals surface area contributed by atoms with Gasteiger partial charge in [-0.25, -0.2) is 0 Å². The van der Waals surface area contributed by atoms with Crippen LogP contribution >= 0.6 is 24.4 Å². The summed E-state index contributed by atoms with van der Waals surface area (Å²) in [5.41, 5.74) is 0.335. The minimum absolute atomic E-state index is 0.208. The number of benzene rings is 1. The van der Waals surface area contributed by atoms with E-state index < -0.39 is 17.1 Å². The minimum atomic E-state index is -0.729. The van der Waals surface area contributed by atoms with Crippen molar-refractivity contribution < 1.29 is 19.4 Å². The maximum absolute atomic E-state index is 12.1.